The zero-order chi connectivity index (χ0) is 14.4. The lowest BCUT2D eigenvalue weighted by Crippen LogP contribution is -2.32. The van der Waals surface area contributed by atoms with E-state index in [4.69, 9.17) is 17.3 Å². The number of nitrogens with two attached hydrogens (primary N) is 1. The molecule has 0 spiro atoms. The molecule has 0 heterocycles. The van der Waals surface area contributed by atoms with Gasteiger partial charge in [0.1, 0.15) is 0 Å². The zero-order valence-electron chi connectivity index (χ0n) is 12.6. The van der Waals surface area contributed by atoms with Gasteiger partial charge in [-0.15, -0.1) is 0 Å². The molecular weight excluding hydrogens is 256 g/mol. The fraction of sp³-hybridized carbons (Fsp3) is 0.625. The molecule has 0 aromatic heterocycles. The Morgan fingerprint density at radius 1 is 1.11 bits per heavy atom. The minimum absolute atomic E-state index is 0.612. The summed E-state index contributed by atoms with van der Waals surface area (Å²) in [5, 5.41) is 0.840. The lowest BCUT2D eigenvalue weighted by molar-refractivity contribution is 0.551. The smallest absolute Gasteiger partial charge is 0.0642 e. The van der Waals surface area contributed by atoms with Gasteiger partial charge < -0.3 is 10.6 Å². The molecule has 0 saturated heterocycles. The van der Waals surface area contributed by atoms with Gasteiger partial charge in [-0.1, -0.05) is 51.4 Å². The van der Waals surface area contributed by atoms with Crippen LogP contribution in [0.15, 0.2) is 18.2 Å². The molecule has 0 aliphatic heterocycles. The molecule has 1 aromatic rings. The molecule has 0 amide bonds. The van der Waals surface area contributed by atoms with Gasteiger partial charge in [0.2, 0.25) is 0 Å². The third kappa shape index (κ3) is 5.04. The molecule has 0 saturated carbocycles. The molecule has 108 valence electrons. The SMILES string of the molecule is CC(C)CN(CC(C)C)c1c(Cl)cccc1CCN. The molecule has 0 bridgehead atoms. The largest absolute Gasteiger partial charge is 0.370 e. The zero-order valence-corrected chi connectivity index (χ0v) is 13.4. The van der Waals surface area contributed by atoms with Crippen molar-refractivity contribution < 1.29 is 0 Å². The summed E-state index contributed by atoms with van der Waals surface area (Å²) < 4.78 is 0. The monoisotopic (exact) mass is 282 g/mol. The highest BCUT2D eigenvalue weighted by atomic mass is 35.5. The highest BCUT2D eigenvalue weighted by molar-refractivity contribution is 6.33. The van der Waals surface area contributed by atoms with Crippen molar-refractivity contribution in [3.63, 3.8) is 0 Å². The summed E-state index contributed by atoms with van der Waals surface area (Å²) in [5.41, 5.74) is 8.16. The van der Waals surface area contributed by atoms with E-state index < -0.39 is 0 Å². The summed E-state index contributed by atoms with van der Waals surface area (Å²) in [6.45, 7) is 11.7. The minimum atomic E-state index is 0.612. The Labute approximate surface area is 122 Å². The van der Waals surface area contributed by atoms with Crippen molar-refractivity contribution in [3.8, 4) is 0 Å². The first-order chi connectivity index (χ1) is 8.95. The van der Waals surface area contributed by atoms with E-state index in [9.17, 15) is 0 Å². The molecule has 1 rings (SSSR count). The van der Waals surface area contributed by atoms with E-state index in [-0.39, 0.29) is 0 Å². The van der Waals surface area contributed by atoms with Crippen LogP contribution in [0.1, 0.15) is 33.3 Å². The van der Waals surface area contributed by atoms with Crippen molar-refractivity contribution in [2.24, 2.45) is 17.6 Å². The summed E-state index contributed by atoms with van der Waals surface area (Å²) in [6.07, 6.45) is 0.878. The second-order valence-corrected chi connectivity index (χ2v) is 6.39. The molecule has 2 nitrogen and oxygen atoms in total. The molecule has 0 radical (unpaired) electrons. The van der Waals surface area contributed by atoms with Crippen LogP contribution in [-0.4, -0.2) is 19.6 Å². The molecule has 0 aliphatic rings. The number of hydrogen-bond donors (Lipinski definition) is 1. The first-order valence-electron chi connectivity index (χ1n) is 7.18. The number of anilines is 1. The molecule has 0 fully saturated rings. The molecule has 3 heteroatoms. The number of hydrogen-bond acceptors (Lipinski definition) is 2. The topological polar surface area (TPSA) is 29.3 Å². The van der Waals surface area contributed by atoms with Crippen molar-refractivity contribution in [2.75, 3.05) is 24.5 Å². The van der Waals surface area contributed by atoms with Crippen molar-refractivity contribution in [2.45, 2.75) is 34.1 Å². The van der Waals surface area contributed by atoms with E-state index in [1.807, 2.05) is 12.1 Å². The van der Waals surface area contributed by atoms with Crippen molar-refractivity contribution in [3.05, 3.63) is 28.8 Å². The second-order valence-electron chi connectivity index (χ2n) is 5.98. The molecule has 0 unspecified atom stereocenters. The summed E-state index contributed by atoms with van der Waals surface area (Å²) in [4.78, 5) is 2.42. The minimum Gasteiger partial charge on any atom is -0.370 e. The van der Waals surface area contributed by atoms with Crippen molar-refractivity contribution in [1.82, 2.24) is 0 Å². The van der Waals surface area contributed by atoms with Crippen LogP contribution in [0.5, 0.6) is 0 Å². The first-order valence-corrected chi connectivity index (χ1v) is 7.55. The van der Waals surface area contributed by atoms with Crippen molar-refractivity contribution >= 4 is 17.3 Å². The molecule has 19 heavy (non-hydrogen) atoms. The Kier molecular flexibility index (Phi) is 6.67. The van der Waals surface area contributed by atoms with E-state index in [2.05, 4.69) is 38.7 Å². The standard InChI is InChI=1S/C16H27ClN2/c1-12(2)10-19(11-13(3)4)16-14(8-9-18)6-5-7-15(16)17/h5-7,12-13H,8-11,18H2,1-4H3. The lowest BCUT2D eigenvalue weighted by Gasteiger charge is -2.31. The van der Waals surface area contributed by atoms with Gasteiger partial charge >= 0.3 is 0 Å². The number of halogens is 1. The van der Waals surface area contributed by atoms with Gasteiger partial charge in [0, 0.05) is 13.1 Å². The van der Waals surface area contributed by atoms with Crippen LogP contribution in [0.3, 0.4) is 0 Å². The number of para-hydroxylation sites is 1. The van der Waals surface area contributed by atoms with E-state index in [1.165, 1.54) is 11.3 Å². The normalized spacial score (nSPS) is 11.4. The summed E-state index contributed by atoms with van der Waals surface area (Å²) in [5.74, 6) is 1.22. The van der Waals surface area contributed by atoms with Crippen LogP contribution < -0.4 is 10.6 Å². The fourth-order valence-electron chi connectivity index (χ4n) is 2.41. The van der Waals surface area contributed by atoms with E-state index in [1.54, 1.807) is 0 Å². The highest BCUT2D eigenvalue weighted by Crippen LogP contribution is 2.31. The maximum Gasteiger partial charge on any atom is 0.0642 e. The third-order valence-corrected chi connectivity index (χ3v) is 3.28. The quantitative estimate of drug-likeness (QED) is 0.820. The average Bonchev–Trinajstić information content (AvgIpc) is 2.27. The Morgan fingerprint density at radius 2 is 1.68 bits per heavy atom. The molecular formula is C16H27ClN2. The van der Waals surface area contributed by atoms with Gasteiger partial charge in [-0.05, 0) is 36.4 Å². The van der Waals surface area contributed by atoms with Crippen molar-refractivity contribution in [1.29, 1.82) is 0 Å². The summed E-state index contributed by atoms with van der Waals surface area (Å²) in [6, 6.07) is 6.13. The summed E-state index contributed by atoms with van der Waals surface area (Å²) >= 11 is 6.44. The van der Waals surface area contributed by atoms with E-state index >= 15 is 0 Å². The van der Waals surface area contributed by atoms with Crippen LogP contribution in [0.25, 0.3) is 0 Å². The van der Waals surface area contributed by atoms with Crippen LogP contribution >= 0.6 is 11.6 Å². The third-order valence-electron chi connectivity index (χ3n) is 2.97. The van der Waals surface area contributed by atoms with E-state index in [0.29, 0.717) is 18.4 Å². The highest BCUT2D eigenvalue weighted by Gasteiger charge is 2.16. The van der Waals surface area contributed by atoms with E-state index in [0.717, 1.165) is 24.5 Å². The molecule has 0 atom stereocenters. The first kappa shape index (κ1) is 16.3. The summed E-state index contributed by atoms with van der Waals surface area (Å²) in [7, 11) is 0. The van der Waals surface area contributed by atoms with Gasteiger partial charge in [0.25, 0.3) is 0 Å². The van der Waals surface area contributed by atoms with Crippen LogP contribution in [0.2, 0.25) is 5.02 Å². The molecule has 1 aromatic carbocycles. The average molecular weight is 283 g/mol. The van der Waals surface area contributed by atoms with Gasteiger partial charge in [-0.25, -0.2) is 0 Å². The van der Waals surface area contributed by atoms with Gasteiger partial charge in [0.05, 0.1) is 10.7 Å². The Balaban J connectivity index is 3.11. The lowest BCUT2D eigenvalue weighted by atomic mass is 10.1. The predicted octanol–water partition coefficient (Wildman–Crippen LogP) is 3.96. The fourth-order valence-corrected chi connectivity index (χ4v) is 2.72. The second kappa shape index (κ2) is 7.76. The number of benzene rings is 1. The van der Waals surface area contributed by atoms with Gasteiger partial charge in [-0.3, -0.25) is 0 Å². The Hall–Kier alpha value is -0.730. The molecule has 0 aliphatic carbocycles. The van der Waals surface area contributed by atoms with Gasteiger partial charge in [-0.2, -0.15) is 0 Å². The Bertz CT molecular complexity index is 378. The molecule has 2 N–H and O–H groups in total. The maximum atomic E-state index is 6.44. The van der Waals surface area contributed by atoms with Crippen LogP contribution in [-0.2, 0) is 6.42 Å². The van der Waals surface area contributed by atoms with Crippen LogP contribution in [0.4, 0.5) is 5.69 Å². The van der Waals surface area contributed by atoms with Crippen LogP contribution in [0, 0.1) is 11.8 Å². The number of rotatable bonds is 7. The Morgan fingerprint density at radius 3 is 2.16 bits per heavy atom. The van der Waals surface area contributed by atoms with Gasteiger partial charge in [0.15, 0.2) is 0 Å². The predicted molar refractivity (Wildman–Crippen MR) is 86.1 cm³/mol. The maximum absolute atomic E-state index is 6.44. The number of nitrogens with zero attached hydrogens (tertiary/aromatic N) is 1.